The van der Waals surface area contributed by atoms with Gasteiger partial charge in [0.1, 0.15) is 5.75 Å². The monoisotopic (exact) mass is 440 g/mol. The minimum atomic E-state index is -3.43. The summed E-state index contributed by atoms with van der Waals surface area (Å²) in [6.45, 7) is 6.97. The Morgan fingerprint density at radius 3 is 2.39 bits per heavy atom. The third kappa shape index (κ3) is 6.16. The van der Waals surface area contributed by atoms with Gasteiger partial charge in [0.25, 0.3) is 5.92 Å². The quantitative estimate of drug-likeness (QED) is 0.389. The standard InChI is InChI=1S/C24H38F2N2O3/c1-7-18-9-11-19(12-10-18)31-15-24(29,23(4,25)26)20-13-17(3)21(14-22(20)30-6)27-16-28(5)8-2/h13-14,16,18-19,29H,7-12,15H2,1-6H3/b27-16+. The van der Waals surface area contributed by atoms with Gasteiger partial charge in [0.2, 0.25) is 0 Å². The van der Waals surface area contributed by atoms with Crippen LogP contribution in [-0.2, 0) is 10.3 Å². The van der Waals surface area contributed by atoms with Gasteiger partial charge in [-0.1, -0.05) is 13.3 Å². The van der Waals surface area contributed by atoms with Gasteiger partial charge in [-0.05, 0) is 57.1 Å². The molecule has 0 radical (unpaired) electrons. The fourth-order valence-corrected chi connectivity index (χ4v) is 3.94. The minimum absolute atomic E-state index is 0.0186. The second-order valence-electron chi connectivity index (χ2n) is 8.77. The van der Waals surface area contributed by atoms with Crippen LogP contribution >= 0.6 is 0 Å². The number of aliphatic hydroxyl groups is 1. The summed E-state index contributed by atoms with van der Waals surface area (Å²) in [5, 5.41) is 11.2. The van der Waals surface area contributed by atoms with E-state index >= 15 is 0 Å². The zero-order chi connectivity index (χ0) is 23.2. The number of aliphatic imine (C=N–C) groups is 1. The van der Waals surface area contributed by atoms with Crippen molar-refractivity contribution in [3.8, 4) is 5.75 Å². The van der Waals surface area contributed by atoms with Crippen molar-refractivity contribution in [3.63, 3.8) is 0 Å². The predicted octanol–water partition coefficient (Wildman–Crippen LogP) is 5.44. The lowest BCUT2D eigenvalue weighted by atomic mass is 9.84. The highest BCUT2D eigenvalue weighted by Gasteiger charge is 2.52. The first-order valence-corrected chi connectivity index (χ1v) is 11.2. The van der Waals surface area contributed by atoms with Crippen LogP contribution in [0.25, 0.3) is 0 Å². The van der Waals surface area contributed by atoms with Gasteiger partial charge in [-0.2, -0.15) is 0 Å². The van der Waals surface area contributed by atoms with Gasteiger partial charge in [-0.3, -0.25) is 0 Å². The Morgan fingerprint density at radius 1 is 1.23 bits per heavy atom. The average molecular weight is 441 g/mol. The smallest absolute Gasteiger partial charge is 0.280 e. The number of aryl methyl sites for hydroxylation is 1. The van der Waals surface area contributed by atoms with E-state index in [-0.39, 0.29) is 17.4 Å². The molecule has 1 atom stereocenters. The van der Waals surface area contributed by atoms with Crippen molar-refractivity contribution < 1.29 is 23.4 Å². The Balaban J connectivity index is 2.32. The van der Waals surface area contributed by atoms with Gasteiger partial charge < -0.3 is 19.5 Å². The highest BCUT2D eigenvalue weighted by atomic mass is 19.3. The molecule has 1 N–H and O–H groups in total. The Bertz CT molecular complexity index is 743. The van der Waals surface area contributed by atoms with Crippen LogP contribution in [-0.4, -0.2) is 55.7 Å². The number of methoxy groups -OCH3 is 1. The van der Waals surface area contributed by atoms with E-state index in [1.165, 1.54) is 13.2 Å². The fourth-order valence-electron chi connectivity index (χ4n) is 3.94. The van der Waals surface area contributed by atoms with Crippen LogP contribution in [0.5, 0.6) is 5.75 Å². The van der Waals surface area contributed by atoms with Crippen LogP contribution in [0.2, 0.25) is 0 Å². The summed E-state index contributed by atoms with van der Waals surface area (Å²) < 4.78 is 40.8. The van der Waals surface area contributed by atoms with Gasteiger partial charge in [-0.15, -0.1) is 0 Å². The zero-order valence-corrected chi connectivity index (χ0v) is 19.8. The normalized spacial score (nSPS) is 21.8. The molecule has 0 amide bonds. The lowest BCUT2D eigenvalue weighted by molar-refractivity contribution is -0.212. The zero-order valence-electron chi connectivity index (χ0n) is 19.8. The number of alkyl halides is 2. The lowest BCUT2D eigenvalue weighted by Gasteiger charge is -2.37. The number of hydrogen-bond acceptors (Lipinski definition) is 4. The van der Waals surface area contributed by atoms with E-state index in [0.29, 0.717) is 17.2 Å². The number of benzene rings is 1. The van der Waals surface area contributed by atoms with Crippen LogP contribution in [0.15, 0.2) is 17.1 Å². The van der Waals surface area contributed by atoms with Crippen molar-refractivity contribution in [1.82, 2.24) is 4.90 Å². The van der Waals surface area contributed by atoms with Crippen molar-refractivity contribution in [2.75, 3.05) is 27.3 Å². The van der Waals surface area contributed by atoms with Gasteiger partial charge >= 0.3 is 0 Å². The summed E-state index contributed by atoms with van der Waals surface area (Å²) in [4.78, 5) is 6.33. The third-order valence-corrected chi connectivity index (χ3v) is 6.48. The molecule has 1 aliphatic carbocycles. The summed E-state index contributed by atoms with van der Waals surface area (Å²) in [6, 6.07) is 3.13. The minimum Gasteiger partial charge on any atom is -0.496 e. The number of hydrogen-bond donors (Lipinski definition) is 1. The second kappa shape index (κ2) is 10.7. The maximum atomic E-state index is 14.8. The molecule has 31 heavy (non-hydrogen) atoms. The van der Waals surface area contributed by atoms with E-state index in [1.807, 2.05) is 18.9 Å². The van der Waals surface area contributed by atoms with Crippen molar-refractivity contribution in [2.45, 2.75) is 77.4 Å². The Hall–Kier alpha value is -1.73. The fraction of sp³-hybridized carbons (Fsp3) is 0.708. The first kappa shape index (κ1) is 25.5. The highest BCUT2D eigenvalue weighted by molar-refractivity contribution is 5.65. The summed E-state index contributed by atoms with van der Waals surface area (Å²) in [5.41, 5.74) is -1.22. The third-order valence-electron chi connectivity index (χ3n) is 6.48. The molecule has 5 nitrogen and oxygen atoms in total. The molecule has 176 valence electrons. The van der Waals surface area contributed by atoms with Crippen LogP contribution < -0.4 is 4.74 Å². The summed E-state index contributed by atoms with van der Waals surface area (Å²) in [5.74, 6) is -2.59. The van der Waals surface area contributed by atoms with Gasteiger partial charge in [0, 0.05) is 32.1 Å². The molecule has 2 rings (SSSR count). The molecule has 0 bridgehead atoms. The van der Waals surface area contributed by atoms with Crippen molar-refractivity contribution in [1.29, 1.82) is 0 Å². The molecule has 1 fully saturated rings. The van der Waals surface area contributed by atoms with E-state index in [1.54, 1.807) is 19.3 Å². The second-order valence-corrected chi connectivity index (χ2v) is 8.77. The Kier molecular flexibility index (Phi) is 8.83. The lowest BCUT2D eigenvalue weighted by Crippen LogP contribution is -2.48. The topological polar surface area (TPSA) is 54.3 Å². The number of nitrogens with zero attached hydrogens (tertiary/aromatic N) is 2. The molecule has 7 heteroatoms. The molecular formula is C24H38F2N2O3. The van der Waals surface area contributed by atoms with Gasteiger partial charge in [0.05, 0.1) is 31.8 Å². The van der Waals surface area contributed by atoms with Crippen LogP contribution in [0.3, 0.4) is 0 Å². The van der Waals surface area contributed by atoms with E-state index in [2.05, 4.69) is 11.9 Å². The number of ether oxygens (including phenoxy) is 2. The van der Waals surface area contributed by atoms with Crippen molar-refractivity contribution in [3.05, 3.63) is 23.3 Å². The van der Waals surface area contributed by atoms with E-state index in [9.17, 15) is 13.9 Å². The molecule has 1 aromatic rings. The first-order valence-electron chi connectivity index (χ1n) is 11.2. The Labute approximate surface area is 185 Å². The maximum absolute atomic E-state index is 14.8. The molecule has 0 spiro atoms. The van der Waals surface area contributed by atoms with E-state index in [4.69, 9.17) is 9.47 Å². The average Bonchev–Trinajstić information content (AvgIpc) is 2.75. The summed E-state index contributed by atoms with van der Waals surface area (Å²) >= 11 is 0. The van der Waals surface area contributed by atoms with Crippen LogP contribution in [0.1, 0.15) is 64.0 Å². The van der Waals surface area contributed by atoms with Crippen LogP contribution in [0, 0.1) is 12.8 Å². The maximum Gasteiger partial charge on any atom is 0.280 e. The van der Waals surface area contributed by atoms with Crippen molar-refractivity contribution in [2.24, 2.45) is 10.9 Å². The number of halogens is 2. The highest BCUT2D eigenvalue weighted by Crippen LogP contribution is 2.44. The SMILES string of the molecule is CCC1CCC(OCC(O)(c2cc(C)c(/N=C/N(C)CC)cc2OC)C(C)(F)F)CC1. The first-order chi connectivity index (χ1) is 14.6. The number of rotatable bonds is 10. The Morgan fingerprint density at radius 2 is 1.87 bits per heavy atom. The molecule has 0 heterocycles. The van der Waals surface area contributed by atoms with E-state index < -0.39 is 18.1 Å². The molecule has 0 saturated heterocycles. The molecule has 1 unspecified atom stereocenters. The summed E-state index contributed by atoms with van der Waals surface area (Å²) in [7, 11) is 3.30. The van der Waals surface area contributed by atoms with E-state index in [0.717, 1.165) is 45.6 Å². The van der Waals surface area contributed by atoms with Crippen LogP contribution in [0.4, 0.5) is 14.5 Å². The molecular weight excluding hydrogens is 402 g/mol. The largest absolute Gasteiger partial charge is 0.496 e. The predicted molar refractivity (Wildman–Crippen MR) is 121 cm³/mol. The molecule has 1 aliphatic rings. The summed E-state index contributed by atoms with van der Waals surface area (Å²) in [6.07, 6.45) is 6.42. The molecule has 1 saturated carbocycles. The molecule has 0 aromatic heterocycles. The van der Waals surface area contributed by atoms with Crippen molar-refractivity contribution >= 4 is 12.0 Å². The molecule has 1 aromatic carbocycles. The molecule has 0 aliphatic heterocycles. The van der Waals surface area contributed by atoms with Gasteiger partial charge in [-0.25, -0.2) is 13.8 Å². The van der Waals surface area contributed by atoms with Gasteiger partial charge in [0.15, 0.2) is 5.60 Å².